The number of carbonyl (C=O) groups excluding carboxylic acids is 1. The molecule has 0 unspecified atom stereocenters. The molecule has 0 saturated heterocycles. The van der Waals surface area contributed by atoms with Crippen LogP contribution in [-0.4, -0.2) is 32.7 Å². The van der Waals surface area contributed by atoms with Crippen LogP contribution in [0, 0.1) is 0 Å². The van der Waals surface area contributed by atoms with Crippen LogP contribution in [0.2, 0.25) is 0 Å². The van der Waals surface area contributed by atoms with Crippen molar-refractivity contribution in [1.29, 1.82) is 0 Å². The number of rotatable bonds is 4. The summed E-state index contributed by atoms with van der Waals surface area (Å²) >= 11 is 3.33. The van der Waals surface area contributed by atoms with E-state index in [0.717, 1.165) is 10.3 Å². The van der Waals surface area contributed by atoms with Gasteiger partial charge in [-0.3, -0.25) is 4.79 Å². The van der Waals surface area contributed by atoms with Gasteiger partial charge in [-0.05, 0) is 28.6 Å². The number of nitrogens with one attached hydrogen (secondary N) is 1. The first kappa shape index (κ1) is 12.7. The quantitative estimate of drug-likeness (QED) is 0.912. The smallest absolute Gasteiger partial charge is 0.251 e. The highest BCUT2D eigenvalue weighted by atomic mass is 79.9. The minimum atomic E-state index is -0.105. The molecular weight excluding hydrogens is 298 g/mol. The van der Waals surface area contributed by atoms with Gasteiger partial charge in [-0.25, -0.2) is 4.68 Å². The Morgan fingerprint density at radius 3 is 3.00 bits per heavy atom. The van der Waals surface area contributed by atoms with Crippen LogP contribution in [0.15, 0.2) is 28.7 Å². The van der Waals surface area contributed by atoms with E-state index in [4.69, 9.17) is 0 Å². The first-order valence-corrected chi connectivity index (χ1v) is 6.21. The van der Waals surface area contributed by atoms with E-state index in [2.05, 4.69) is 36.8 Å². The van der Waals surface area contributed by atoms with Gasteiger partial charge in [0, 0.05) is 30.0 Å². The second-order valence-electron chi connectivity index (χ2n) is 3.73. The molecule has 1 aromatic heterocycles. The van der Waals surface area contributed by atoms with Crippen molar-refractivity contribution in [2.45, 2.75) is 6.42 Å². The van der Waals surface area contributed by atoms with Crippen molar-refractivity contribution in [2.75, 3.05) is 6.54 Å². The van der Waals surface area contributed by atoms with Crippen LogP contribution in [0.1, 0.15) is 16.2 Å². The van der Waals surface area contributed by atoms with Gasteiger partial charge in [-0.15, -0.1) is 5.10 Å². The van der Waals surface area contributed by atoms with Crippen molar-refractivity contribution in [3.8, 4) is 0 Å². The summed E-state index contributed by atoms with van der Waals surface area (Å²) in [4.78, 5) is 11.8. The number of amides is 1. The van der Waals surface area contributed by atoms with E-state index in [0.29, 0.717) is 18.5 Å². The van der Waals surface area contributed by atoms with Gasteiger partial charge in [0.2, 0.25) is 0 Å². The molecule has 0 aliphatic rings. The molecule has 0 bridgehead atoms. The van der Waals surface area contributed by atoms with Gasteiger partial charge in [0.05, 0.1) is 0 Å². The van der Waals surface area contributed by atoms with Crippen LogP contribution in [0.3, 0.4) is 0 Å². The lowest BCUT2D eigenvalue weighted by Gasteiger charge is -2.04. The summed E-state index contributed by atoms with van der Waals surface area (Å²) in [6.45, 7) is 0.500. The third kappa shape index (κ3) is 3.13. The number of hydrogen-bond acceptors (Lipinski definition) is 4. The summed E-state index contributed by atoms with van der Waals surface area (Å²) in [5, 5.41) is 13.9. The van der Waals surface area contributed by atoms with Crippen molar-refractivity contribution in [1.82, 2.24) is 25.5 Å². The van der Waals surface area contributed by atoms with Crippen LogP contribution in [0.25, 0.3) is 0 Å². The zero-order chi connectivity index (χ0) is 13.0. The maximum absolute atomic E-state index is 11.8. The molecule has 0 radical (unpaired) electrons. The summed E-state index contributed by atoms with van der Waals surface area (Å²) in [7, 11) is 1.77. The number of nitrogens with zero attached hydrogens (tertiary/aromatic N) is 4. The van der Waals surface area contributed by atoms with Crippen molar-refractivity contribution in [3.63, 3.8) is 0 Å². The lowest BCUT2D eigenvalue weighted by atomic mass is 10.2. The number of aryl methyl sites for hydroxylation is 1. The molecule has 1 amide bonds. The van der Waals surface area contributed by atoms with E-state index in [1.165, 1.54) is 0 Å². The van der Waals surface area contributed by atoms with E-state index in [1.807, 2.05) is 12.1 Å². The van der Waals surface area contributed by atoms with Crippen LogP contribution >= 0.6 is 15.9 Å². The Labute approximate surface area is 113 Å². The number of carbonyl (C=O) groups is 1. The normalized spacial score (nSPS) is 10.3. The van der Waals surface area contributed by atoms with Crippen LogP contribution < -0.4 is 5.32 Å². The first-order valence-electron chi connectivity index (χ1n) is 5.42. The van der Waals surface area contributed by atoms with Gasteiger partial charge in [0.25, 0.3) is 5.91 Å². The highest BCUT2D eigenvalue weighted by Crippen LogP contribution is 2.11. The van der Waals surface area contributed by atoms with Gasteiger partial charge >= 0.3 is 0 Å². The van der Waals surface area contributed by atoms with Crippen molar-refractivity contribution >= 4 is 21.8 Å². The lowest BCUT2D eigenvalue weighted by molar-refractivity contribution is 0.0954. The Kier molecular flexibility index (Phi) is 4.03. The maximum Gasteiger partial charge on any atom is 0.251 e. The number of tetrazole rings is 1. The van der Waals surface area contributed by atoms with Gasteiger partial charge in [0.15, 0.2) is 5.82 Å². The average Bonchev–Trinajstić information content (AvgIpc) is 2.75. The lowest BCUT2D eigenvalue weighted by Crippen LogP contribution is -2.26. The largest absolute Gasteiger partial charge is 0.352 e. The fourth-order valence-corrected chi connectivity index (χ4v) is 1.88. The Morgan fingerprint density at radius 1 is 1.50 bits per heavy atom. The Bertz CT molecular complexity index is 554. The Balaban J connectivity index is 1.87. The number of halogens is 1. The molecule has 1 aromatic carbocycles. The second-order valence-corrected chi connectivity index (χ2v) is 4.65. The van der Waals surface area contributed by atoms with Gasteiger partial charge in [-0.2, -0.15) is 0 Å². The number of hydrogen-bond donors (Lipinski definition) is 1. The Morgan fingerprint density at radius 2 is 2.33 bits per heavy atom. The zero-order valence-electron chi connectivity index (χ0n) is 9.80. The van der Waals surface area contributed by atoms with E-state index >= 15 is 0 Å². The van der Waals surface area contributed by atoms with E-state index in [-0.39, 0.29) is 5.91 Å². The maximum atomic E-state index is 11.8. The molecule has 0 spiro atoms. The van der Waals surface area contributed by atoms with Gasteiger partial charge < -0.3 is 5.32 Å². The fraction of sp³-hybridized carbons (Fsp3) is 0.273. The third-order valence-corrected chi connectivity index (χ3v) is 2.92. The predicted octanol–water partition coefficient (Wildman–Crippen LogP) is 0.945. The van der Waals surface area contributed by atoms with Crippen molar-refractivity contribution < 1.29 is 4.79 Å². The topological polar surface area (TPSA) is 72.7 Å². The molecule has 1 N–H and O–H groups in total. The molecule has 6 nitrogen and oxygen atoms in total. The fourth-order valence-electron chi connectivity index (χ4n) is 1.48. The van der Waals surface area contributed by atoms with Crippen LogP contribution in [-0.2, 0) is 13.5 Å². The summed E-state index contributed by atoms with van der Waals surface area (Å²) < 4.78 is 2.47. The van der Waals surface area contributed by atoms with E-state index in [1.54, 1.807) is 23.9 Å². The Hall–Kier alpha value is -1.76. The summed E-state index contributed by atoms with van der Waals surface area (Å²) in [5.74, 6) is 0.635. The highest BCUT2D eigenvalue weighted by Gasteiger charge is 2.06. The molecule has 0 atom stereocenters. The molecule has 2 rings (SSSR count). The van der Waals surface area contributed by atoms with Crippen LogP contribution in [0.4, 0.5) is 0 Å². The predicted molar refractivity (Wildman–Crippen MR) is 69.0 cm³/mol. The first-order chi connectivity index (χ1) is 8.66. The molecule has 94 valence electrons. The molecule has 0 saturated carbocycles. The molecule has 0 aliphatic heterocycles. The zero-order valence-corrected chi connectivity index (χ0v) is 11.4. The molecule has 2 aromatic rings. The molecule has 18 heavy (non-hydrogen) atoms. The monoisotopic (exact) mass is 309 g/mol. The minimum absolute atomic E-state index is 0.105. The summed E-state index contributed by atoms with van der Waals surface area (Å²) in [5.41, 5.74) is 0.625. The molecule has 0 fully saturated rings. The van der Waals surface area contributed by atoms with Crippen molar-refractivity contribution in [3.05, 3.63) is 40.1 Å². The molecular formula is C11H12BrN5O. The molecule has 0 aliphatic carbocycles. The summed E-state index contributed by atoms with van der Waals surface area (Å²) in [6.07, 6.45) is 0.600. The van der Waals surface area contributed by atoms with Crippen molar-refractivity contribution in [2.24, 2.45) is 7.05 Å². The van der Waals surface area contributed by atoms with Gasteiger partial charge in [0.1, 0.15) is 0 Å². The van der Waals surface area contributed by atoms with Gasteiger partial charge in [-0.1, -0.05) is 22.0 Å². The molecule has 1 heterocycles. The highest BCUT2D eigenvalue weighted by molar-refractivity contribution is 9.10. The minimum Gasteiger partial charge on any atom is -0.352 e. The summed E-state index contributed by atoms with van der Waals surface area (Å²) in [6, 6.07) is 7.25. The average molecular weight is 310 g/mol. The SMILES string of the molecule is Cn1nnnc1CCNC(=O)c1cccc(Br)c1. The second kappa shape index (κ2) is 5.72. The number of benzene rings is 1. The standard InChI is InChI=1S/C11H12BrN5O/c1-17-10(14-15-16-17)5-6-13-11(18)8-3-2-4-9(12)7-8/h2-4,7H,5-6H2,1H3,(H,13,18). The van der Waals surface area contributed by atoms with E-state index < -0.39 is 0 Å². The van der Waals surface area contributed by atoms with Crippen LogP contribution in [0.5, 0.6) is 0 Å². The third-order valence-electron chi connectivity index (χ3n) is 2.43. The number of aromatic nitrogens is 4. The molecule has 7 heteroatoms. The van der Waals surface area contributed by atoms with E-state index in [9.17, 15) is 4.79 Å².